The number of nitrogens with zero attached hydrogens (tertiary/aromatic N) is 2. The zero-order valence-electron chi connectivity index (χ0n) is 11.1. The number of rotatable bonds is 7. The number of benzene rings is 1. The number of hydrogen-bond acceptors (Lipinski definition) is 6. The van der Waals surface area contributed by atoms with Crippen molar-refractivity contribution in [1.82, 2.24) is 0 Å². The van der Waals surface area contributed by atoms with Crippen molar-refractivity contribution in [3.8, 4) is 5.75 Å². The van der Waals surface area contributed by atoms with Crippen LogP contribution in [0.3, 0.4) is 0 Å². The molecule has 0 aliphatic carbocycles. The van der Waals surface area contributed by atoms with Crippen LogP contribution in [0.5, 0.6) is 5.75 Å². The molecule has 2 rings (SSSR count). The fourth-order valence-corrected chi connectivity index (χ4v) is 3.29. The molecule has 0 bridgehead atoms. The molecular weight excluding hydrogens is 308 g/mol. The third-order valence-corrected chi connectivity index (χ3v) is 4.69. The van der Waals surface area contributed by atoms with Gasteiger partial charge in [0.05, 0.1) is 4.92 Å². The first-order chi connectivity index (χ1) is 10.2. The SMILES string of the molecule is O=[N+]([O-])c1ccc(O)c(C=NCCSCc2cccs2)c1. The van der Waals surface area contributed by atoms with Crippen LogP contribution in [0, 0.1) is 10.1 Å². The van der Waals surface area contributed by atoms with Crippen molar-refractivity contribution in [3.63, 3.8) is 0 Å². The van der Waals surface area contributed by atoms with Crippen molar-refractivity contribution < 1.29 is 10.0 Å². The van der Waals surface area contributed by atoms with Gasteiger partial charge < -0.3 is 5.11 Å². The van der Waals surface area contributed by atoms with E-state index in [-0.39, 0.29) is 11.4 Å². The molecule has 7 heteroatoms. The molecule has 1 N–H and O–H groups in total. The summed E-state index contributed by atoms with van der Waals surface area (Å²) < 4.78 is 0. The summed E-state index contributed by atoms with van der Waals surface area (Å²) in [5.41, 5.74) is 0.314. The van der Waals surface area contributed by atoms with Crippen LogP contribution < -0.4 is 0 Å². The number of phenolic OH excluding ortho intramolecular Hbond substituents is 1. The van der Waals surface area contributed by atoms with Crippen LogP contribution in [-0.2, 0) is 5.75 Å². The highest BCUT2D eigenvalue weighted by molar-refractivity contribution is 7.98. The van der Waals surface area contributed by atoms with E-state index in [9.17, 15) is 15.2 Å². The first kappa shape index (κ1) is 15.5. The molecule has 2 aromatic rings. The van der Waals surface area contributed by atoms with E-state index in [2.05, 4.69) is 16.4 Å². The van der Waals surface area contributed by atoms with Crippen LogP contribution in [0.4, 0.5) is 5.69 Å². The van der Waals surface area contributed by atoms with Gasteiger partial charge in [-0.3, -0.25) is 15.1 Å². The van der Waals surface area contributed by atoms with Crippen molar-refractivity contribution in [3.05, 3.63) is 56.3 Å². The molecule has 0 aliphatic heterocycles. The number of nitro benzene ring substituents is 1. The van der Waals surface area contributed by atoms with E-state index < -0.39 is 4.92 Å². The summed E-state index contributed by atoms with van der Waals surface area (Å²) >= 11 is 3.52. The standard InChI is InChI=1S/C14H14N2O3S2/c17-14-4-3-12(16(18)19)8-11(14)9-15-5-7-20-10-13-2-1-6-21-13/h1-4,6,8-9,17H,5,7,10H2. The van der Waals surface area contributed by atoms with E-state index in [1.807, 2.05) is 6.07 Å². The second-order valence-electron chi connectivity index (χ2n) is 4.17. The first-order valence-corrected chi connectivity index (χ1v) is 8.27. The van der Waals surface area contributed by atoms with Gasteiger partial charge in [-0.2, -0.15) is 11.8 Å². The van der Waals surface area contributed by atoms with Crippen molar-refractivity contribution in [1.29, 1.82) is 0 Å². The van der Waals surface area contributed by atoms with Crippen LogP contribution >= 0.6 is 23.1 Å². The molecule has 1 heterocycles. The average Bonchev–Trinajstić information content (AvgIpc) is 2.97. The van der Waals surface area contributed by atoms with Crippen LogP contribution in [0.15, 0.2) is 40.7 Å². The van der Waals surface area contributed by atoms with Gasteiger partial charge in [0.25, 0.3) is 5.69 Å². The van der Waals surface area contributed by atoms with Gasteiger partial charge in [0.15, 0.2) is 0 Å². The molecule has 21 heavy (non-hydrogen) atoms. The lowest BCUT2D eigenvalue weighted by molar-refractivity contribution is -0.384. The Balaban J connectivity index is 1.81. The predicted octanol–water partition coefficient (Wildman–Crippen LogP) is 3.71. The second-order valence-corrected chi connectivity index (χ2v) is 6.30. The molecule has 0 spiro atoms. The number of non-ortho nitro benzene ring substituents is 1. The Morgan fingerprint density at radius 2 is 2.29 bits per heavy atom. The van der Waals surface area contributed by atoms with Crippen molar-refractivity contribution in [2.75, 3.05) is 12.3 Å². The van der Waals surface area contributed by atoms with Crippen molar-refractivity contribution in [2.45, 2.75) is 5.75 Å². The molecule has 0 atom stereocenters. The molecule has 1 aromatic heterocycles. The molecule has 0 unspecified atom stereocenters. The summed E-state index contributed by atoms with van der Waals surface area (Å²) in [6.07, 6.45) is 1.48. The predicted molar refractivity (Wildman–Crippen MR) is 87.7 cm³/mol. The monoisotopic (exact) mass is 322 g/mol. The Kier molecular flexibility index (Phi) is 5.77. The Labute approximate surface area is 130 Å². The lowest BCUT2D eigenvalue weighted by atomic mass is 10.2. The zero-order chi connectivity index (χ0) is 15.1. The molecule has 0 aliphatic rings. The van der Waals surface area contributed by atoms with Gasteiger partial charge >= 0.3 is 0 Å². The molecule has 0 radical (unpaired) electrons. The quantitative estimate of drug-likeness (QED) is 0.365. The fraction of sp³-hybridized carbons (Fsp3) is 0.214. The first-order valence-electron chi connectivity index (χ1n) is 6.24. The molecule has 1 aromatic carbocycles. The number of hydrogen-bond donors (Lipinski definition) is 1. The number of thioether (sulfide) groups is 1. The molecule has 110 valence electrons. The zero-order valence-corrected chi connectivity index (χ0v) is 12.8. The highest BCUT2D eigenvalue weighted by Gasteiger charge is 2.08. The highest BCUT2D eigenvalue weighted by Crippen LogP contribution is 2.21. The number of thiophene rings is 1. The molecule has 0 saturated heterocycles. The minimum atomic E-state index is -0.492. The summed E-state index contributed by atoms with van der Waals surface area (Å²) in [4.78, 5) is 15.7. The van der Waals surface area contributed by atoms with Crippen LogP contribution in [0.25, 0.3) is 0 Å². The molecular formula is C14H14N2O3S2. The normalized spacial score (nSPS) is 11.0. The van der Waals surface area contributed by atoms with Crippen LogP contribution in [0.2, 0.25) is 0 Å². The van der Waals surface area contributed by atoms with E-state index in [1.54, 1.807) is 23.1 Å². The Bertz CT molecular complexity index is 627. The lowest BCUT2D eigenvalue weighted by Gasteiger charge is -1.99. The summed E-state index contributed by atoms with van der Waals surface area (Å²) in [7, 11) is 0. The average molecular weight is 322 g/mol. The summed E-state index contributed by atoms with van der Waals surface area (Å²) in [5, 5.41) is 22.4. The Morgan fingerprint density at radius 3 is 3.00 bits per heavy atom. The largest absolute Gasteiger partial charge is 0.507 e. The Morgan fingerprint density at radius 1 is 1.43 bits per heavy atom. The topological polar surface area (TPSA) is 75.7 Å². The van der Waals surface area contributed by atoms with Gasteiger partial charge in [-0.1, -0.05) is 6.07 Å². The van der Waals surface area contributed by atoms with Crippen molar-refractivity contribution >= 4 is 35.0 Å². The van der Waals surface area contributed by atoms with E-state index in [4.69, 9.17) is 0 Å². The van der Waals surface area contributed by atoms with Gasteiger partial charge in [-0.25, -0.2) is 0 Å². The van der Waals surface area contributed by atoms with Gasteiger partial charge in [0.1, 0.15) is 5.75 Å². The maximum absolute atomic E-state index is 10.7. The summed E-state index contributed by atoms with van der Waals surface area (Å²) in [6, 6.07) is 8.03. The maximum Gasteiger partial charge on any atom is 0.270 e. The molecule has 0 fully saturated rings. The third kappa shape index (κ3) is 4.87. The Hall–Kier alpha value is -1.86. The van der Waals surface area contributed by atoms with Gasteiger partial charge in [0.2, 0.25) is 0 Å². The number of phenols is 1. The third-order valence-electron chi connectivity index (χ3n) is 2.64. The maximum atomic E-state index is 10.7. The van der Waals surface area contributed by atoms with E-state index in [1.165, 1.54) is 29.3 Å². The van der Waals surface area contributed by atoms with Gasteiger partial charge in [-0.15, -0.1) is 11.3 Å². The number of nitro groups is 1. The minimum absolute atomic E-state index is 0.00408. The molecule has 0 amide bonds. The molecule has 5 nitrogen and oxygen atoms in total. The van der Waals surface area contributed by atoms with Crippen LogP contribution in [-0.4, -0.2) is 28.5 Å². The minimum Gasteiger partial charge on any atom is -0.507 e. The summed E-state index contributed by atoms with van der Waals surface area (Å²) in [6.45, 7) is 0.609. The summed E-state index contributed by atoms with van der Waals surface area (Å²) in [5.74, 6) is 1.83. The lowest BCUT2D eigenvalue weighted by Crippen LogP contribution is -1.92. The van der Waals surface area contributed by atoms with E-state index >= 15 is 0 Å². The fourth-order valence-electron chi connectivity index (χ4n) is 1.61. The number of aliphatic imine (C=N–C) groups is 1. The smallest absolute Gasteiger partial charge is 0.270 e. The number of aromatic hydroxyl groups is 1. The van der Waals surface area contributed by atoms with Crippen molar-refractivity contribution in [2.24, 2.45) is 4.99 Å². The van der Waals surface area contributed by atoms with E-state index in [0.29, 0.717) is 12.1 Å². The second kappa shape index (κ2) is 7.80. The molecule has 0 saturated carbocycles. The highest BCUT2D eigenvalue weighted by atomic mass is 32.2. The van der Waals surface area contributed by atoms with Crippen LogP contribution in [0.1, 0.15) is 10.4 Å². The van der Waals surface area contributed by atoms with Gasteiger partial charge in [0, 0.05) is 46.8 Å². The van der Waals surface area contributed by atoms with Gasteiger partial charge in [-0.05, 0) is 17.5 Å². The van der Waals surface area contributed by atoms with E-state index in [0.717, 1.165) is 11.5 Å².